The summed E-state index contributed by atoms with van der Waals surface area (Å²) in [5.74, 6) is 0.995. The van der Waals surface area contributed by atoms with Crippen LogP contribution in [0.2, 0.25) is 0 Å². The van der Waals surface area contributed by atoms with E-state index in [2.05, 4.69) is 31.3 Å². The van der Waals surface area contributed by atoms with Gasteiger partial charge in [0, 0.05) is 14.1 Å². The van der Waals surface area contributed by atoms with Crippen molar-refractivity contribution in [2.45, 2.75) is 0 Å². The van der Waals surface area contributed by atoms with E-state index >= 15 is 0 Å². The summed E-state index contributed by atoms with van der Waals surface area (Å²) in [7, 11) is 4.01. The molecule has 0 atom stereocenters. The van der Waals surface area contributed by atoms with Gasteiger partial charge in [-0.05, 0) is 18.2 Å². The summed E-state index contributed by atoms with van der Waals surface area (Å²) in [6, 6.07) is 0. The first-order valence-electron chi connectivity index (χ1n) is 6.10. The van der Waals surface area contributed by atoms with Crippen LogP contribution >= 0.6 is 0 Å². The van der Waals surface area contributed by atoms with Gasteiger partial charge in [-0.1, -0.05) is 25.8 Å². The highest BCUT2D eigenvalue weighted by atomic mass is 35.5. The molecule has 0 bridgehead atoms. The average Bonchev–Trinajstić information content (AvgIpc) is 2.30. The smallest absolute Gasteiger partial charge is 0.300 e. The van der Waals surface area contributed by atoms with Gasteiger partial charge in [0.1, 0.15) is 19.6 Å². The second-order valence-corrected chi connectivity index (χ2v) is 4.38. The van der Waals surface area contributed by atoms with Crippen molar-refractivity contribution in [3.05, 3.63) is 50.6 Å². The van der Waals surface area contributed by atoms with E-state index in [0.29, 0.717) is 11.0 Å². The molecule has 0 radical (unpaired) electrons. The van der Waals surface area contributed by atoms with Crippen LogP contribution in [0.15, 0.2) is 55.6 Å². The first kappa shape index (κ1) is 20.0. The molecule has 0 rings (SSSR count). The molecule has 0 heterocycles. The van der Waals surface area contributed by atoms with Gasteiger partial charge in [0.15, 0.2) is 0 Å². The molecule has 0 aliphatic rings. The van der Waals surface area contributed by atoms with E-state index in [4.69, 9.17) is 0 Å². The first-order valence-corrected chi connectivity index (χ1v) is 6.10. The predicted octanol–water partition coefficient (Wildman–Crippen LogP) is -0.531. The van der Waals surface area contributed by atoms with Gasteiger partial charge in [0.25, 0.3) is 0 Å². The fraction of sp³-hybridized carbons (Fsp3) is 0.400. The molecule has 0 fully saturated rings. The zero-order valence-electron chi connectivity index (χ0n) is 12.2. The molecular formula is C15H26ClN3. The molecule has 0 saturated carbocycles. The lowest BCUT2D eigenvalue weighted by Crippen LogP contribution is -3.00. The minimum Gasteiger partial charge on any atom is -1.00 e. The third kappa shape index (κ3) is 5.90. The molecule has 0 amide bonds. The molecule has 19 heavy (non-hydrogen) atoms. The summed E-state index contributed by atoms with van der Waals surface area (Å²) in [6.07, 6.45) is 7.55. The molecule has 0 unspecified atom stereocenters. The van der Waals surface area contributed by atoms with E-state index in [1.807, 2.05) is 37.2 Å². The predicted molar refractivity (Wildman–Crippen MR) is 81.6 cm³/mol. The number of hydrogen-bond acceptors (Lipinski definition) is 1. The molecule has 0 spiro atoms. The van der Waals surface area contributed by atoms with Gasteiger partial charge in [-0.25, -0.2) is 9.48 Å². The van der Waals surface area contributed by atoms with Crippen molar-refractivity contribution < 1.29 is 16.9 Å². The Morgan fingerprint density at radius 3 is 1.63 bits per heavy atom. The summed E-state index contributed by atoms with van der Waals surface area (Å²) in [4.78, 5) is 6.67. The Morgan fingerprint density at radius 1 is 0.947 bits per heavy atom. The number of guanidine groups is 1. The van der Waals surface area contributed by atoms with Gasteiger partial charge in [-0.2, -0.15) is 0 Å². The minimum absolute atomic E-state index is 0. The highest BCUT2D eigenvalue weighted by Gasteiger charge is 2.32. The zero-order chi connectivity index (χ0) is 14.0. The number of quaternary nitrogens is 1. The van der Waals surface area contributed by atoms with Gasteiger partial charge in [0.05, 0.1) is 6.54 Å². The van der Waals surface area contributed by atoms with Crippen LogP contribution in [0.5, 0.6) is 0 Å². The van der Waals surface area contributed by atoms with E-state index in [0.717, 1.165) is 25.6 Å². The number of hydrogen-bond donors (Lipinski definition) is 0. The van der Waals surface area contributed by atoms with E-state index in [1.54, 1.807) is 6.08 Å². The molecule has 0 N–H and O–H groups in total. The summed E-state index contributed by atoms with van der Waals surface area (Å²) in [6.45, 7) is 18.3. The standard InChI is InChI=1S/C15H26N3.ClH/c1-7-11-16-15(17(5)6)18(12-8-2,13-9-3)14-10-4;/h7-10H,1-4,11-14H2,5-6H3;1H/q+1;/p-1/b16-15+;. The third-order valence-electron chi connectivity index (χ3n) is 2.62. The highest BCUT2D eigenvalue weighted by Crippen LogP contribution is 2.12. The monoisotopic (exact) mass is 283 g/mol. The molecular weight excluding hydrogens is 258 g/mol. The molecule has 0 saturated heterocycles. The fourth-order valence-electron chi connectivity index (χ4n) is 2.07. The number of aliphatic imine (C=N–C) groups is 1. The maximum atomic E-state index is 4.62. The van der Waals surface area contributed by atoms with E-state index in [-0.39, 0.29) is 12.4 Å². The van der Waals surface area contributed by atoms with Crippen LogP contribution in [0.4, 0.5) is 0 Å². The van der Waals surface area contributed by atoms with Gasteiger partial charge in [-0.15, -0.1) is 6.58 Å². The van der Waals surface area contributed by atoms with Gasteiger partial charge >= 0.3 is 5.96 Å². The molecule has 4 heteroatoms. The van der Waals surface area contributed by atoms with Gasteiger partial charge < -0.3 is 17.3 Å². The van der Waals surface area contributed by atoms with Crippen molar-refractivity contribution in [3.8, 4) is 0 Å². The number of nitrogens with zero attached hydrogens (tertiary/aromatic N) is 3. The summed E-state index contributed by atoms with van der Waals surface area (Å²) in [5.41, 5.74) is 0. The lowest BCUT2D eigenvalue weighted by Gasteiger charge is -2.38. The summed E-state index contributed by atoms with van der Waals surface area (Å²) >= 11 is 0. The van der Waals surface area contributed by atoms with Crippen LogP contribution in [0.25, 0.3) is 0 Å². The number of rotatable bonds is 8. The molecule has 0 aromatic carbocycles. The van der Waals surface area contributed by atoms with E-state index in [9.17, 15) is 0 Å². The normalized spacial score (nSPS) is 11.2. The minimum atomic E-state index is 0. The van der Waals surface area contributed by atoms with Crippen LogP contribution < -0.4 is 12.4 Å². The highest BCUT2D eigenvalue weighted by molar-refractivity contribution is 5.73. The van der Waals surface area contributed by atoms with E-state index in [1.165, 1.54) is 0 Å². The number of halogens is 1. The van der Waals surface area contributed by atoms with Crippen molar-refractivity contribution >= 4 is 5.96 Å². The summed E-state index contributed by atoms with van der Waals surface area (Å²) in [5, 5.41) is 0. The second kappa shape index (κ2) is 10.6. The van der Waals surface area contributed by atoms with Crippen LogP contribution in [-0.4, -0.2) is 55.6 Å². The van der Waals surface area contributed by atoms with Gasteiger partial charge in [-0.3, -0.25) is 0 Å². The van der Waals surface area contributed by atoms with Crippen molar-refractivity contribution in [1.29, 1.82) is 0 Å². The molecule has 3 nitrogen and oxygen atoms in total. The Labute approximate surface area is 124 Å². The molecule has 0 aromatic heterocycles. The fourth-order valence-corrected chi connectivity index (χ4v) is 2.07. The topological polar surface area (TPSA) is 15.6 Å². The maximum Gasteiger partial charge on any atom is 0.300 e. The Hall–Kier alpha value is -1.32. The Morgan fingerprint density at radius 2 is 1.37 bits per heavy atom. The van der Waals surface area contributed by atoms with Crippen LogP contribution in [0.1, 0.15) is 0 Å². The van der Waals surface area contributed by atoms with Crippen LogP contribution in [-0.2, 0) is 0 Å². The third-order valence-corrected chi connectivity index (χ3v) is 2.62. The van der Waals surface area contributed by atoms with Crippen molar-refractivity contribution in [1.82, 2.24) is 4.90 Å². The van der Waals surface area contributed by atoms with Crippen LogP contribution in [0.3, 0.4) is 0 Å². The van der Waals surface area contributed by atoms with Crippen molar-refractivity contribution in [2.75, 3.05) is 40.3 Å². The Balaban J connectivity index is 0. The SMILES string of the molecule is C=CC/N=C(\N(C)C)[N+](CC=C)(CC=C)CC=C.[Cl-]. The quantitative estimate of drug-likeness (QED) is 0.253. The Bertz CT molecular complexity index is 306. The van der Waals surface area contributed by atoms with Crippen molar-refractivity contribution in [2.24, 2.45) is 4.99 Å². The van der Waals surface area contributed by atoms with Crippen molar-refractivity contribution in [3.63, 3.8) is 0 Å². The summed E-state index contributed by atoms with van der Waals surface area (Å²) < 4.78 is 0.664. The molecule has 108 valence electrons. The molecule has 0 aliphatic heterocycles. The average molecular weight is 284 g/mol. The van der Waals surface area contributed by atoms with Crippen LogP contribution in [0, 0.1) is 0 Å². The second-order valence-electron chi connectivity index (χ2n) is 4.38. The lowest BCUT2D eigenvalue weighted by molar-refractivity contribution is -0.828. The first-order chi connectivity index (χ1) is 8.57. The molecule has 0 aromatic rings. The lowest BCUT2D eigenvalue weighted by atomic mass is 10.3. The van der Waals surface area contributed by atoms with Gasteiger partial charge in [0.2, 0.25) is 0 Å². The largest absolute Gasteiger partial charge is 1.00 e. The zero-order valence-corrected chi connectivity index (χ0v) is 12.9. The molecule has 0 aliphatic carbocycles. The Kier molecular flexibility index (Phi) is 11.1. The maximum absolute atomic E-state index is 4.62. The van der Waals surface area contributed by atoms with E-state index < -0.39 is 0 Å².